The summed E-state index contributed by atoms with van der Waals surface area (Å²) >= 11 is 0. The summed E-state index contributed by atoms with van der Waals surface area (Å²) in [6.45, 7) is 1.70. The van der Waals surface area contributed by atoms with Crippen LogP contribution in [0.25, 0.3) is 11.2 Å². The predicted molar refractivity (Wildman–Crippen MR) is 73.5 cm³/mol. The molecule has 1 aromatic carbocycles. The molecule has 0 spiro atoms. The van der Waals surface area contributed by atoms with Crippen molar-refractivity contribution in [3.63, 3.8) is 0 Å². The van der Waals surface area contributed by atoms with Crippen LogP contribution in [-0.2, 0) is 10.0 Å². The van der Waals surface area contributed by atoms with Gasteiger partial charge in [-0.1, -0.05) is 18.2 Å². The first-order valence-corrected chi connectivity index (χ1v) is 7.22. The molecule has 2 aromatic heterocycles. The number of aryl methyl sites for hydroxylation is 1. The summed E-state index contributed by atoms with van der Waals surface area (Å²) in [7, 11) is -3.75. The number of hydrogen-bond acceptors (Lipinski definition) is 6. The molecule has 0 amide bonds. The van der Waals surface area contributed by atoms with Gasteiger partial charge >= 0.3 is 0 Å². The molecule has 0 radical (unpaired) electrons. The molecule has 0 aliphatic rings. The largest absolute Gasteiger partial charge is 0.368 e. The standard InChI is InChI=1S/C12H11N5O2S/c1-8-10-11(16-12(13)15-8)17(7-14-10)20(18,19)9-5-3-2-4-6-9/h2-7H,1H3,(H2,13,15,16). The van der Waals surface area contributed by atoms with E-state index in [2.05, 4.69) is 15.0 Å². The molecule has 7 nitrogen and oxygen atoms in total. The van der Waals surface area contributed by atoms with Crippen molar-refractivity contribution in [3.05, 3.63) is 42.4 Å². The van der Waals surface area contributed by atoms with Gasteiger partial charge in [0.2, 0.25) is 5.95 Å². The smallest absolute Gasteiger partial charge is 0.270 e. The van der Waals surface area contributed by atoms with Gasteiger partial charge in [-0.3, -0.25) is 0 Å². The highest BCUT2D eigenvalue weighted by atomic mass is 32.2. The number of benzene rings is 1. The molecule has 0 fully saturated rings. The number of rotatable bonds is 2. The fourth-order valence-electron chi connectivity index (χ4n) is 1.92. The molecule has 20 heavy (non-hydrogen) atoms. The van der Waals surface area contributed by atoms with Gasteiger partial charge in [-0.25, -0.2) is 22.4 Å². The van der Waals surface area contributed by atoms with Crippen molar-refractivity contribution in [3.8, 4) is 0 Å². The number of nitrogens with zero attached hydrogens (tertiary/aromatic N) is 4. The van der Waals surface area contributed by atoms with Gasteiger partial charge in [0.15, 0.2) is 5.65 Å². The molecule has 2 heterocycles. The minimum absolute atomic E-state index is 0.0139. The number of aromatic nitrogens is 4. The Labute approximate surface area is 115 Å². The second-order valence-corrected chi connectivity index (χ2v) is 6.01. The van der Waals surface area contributed by atoms with Crippen LogP contribution in [0.3, 0.4) is 0 Å². The monoisotopic (exact) mass is 289 g/mol. The van der Waals surface area contributed by atoms with Gasteiger partial charge in [-0.05, 0) is 19.1 Å². The van der Waals surface area contributed by atoms with E-state index < -0.39 is 10.0 Å². The van der Waals surface area contributed by atoms with Crippen LogP contribution >= 0.6 is 0 Å². The van der Waals surface area contributed by atoms with Crippen LogP contribution in [0.5, 0.6) is 0 Å². The molecular formula is C12H11N5O2S. The Bertz CT molecular complexity index is 887. The summed E-state index contributed by atoms with van der Waals surface area (Å²) in [4.78, 5) is 12.2. The zero-order valence-corrected chi connectivity index (χ0v) is 11.4. The first kappa shape index (κ1) is 12.5. The van der Waals surface area contributed by atoms with Crippen LogP contribution < -0.4 is 5.73 Å². The van der Waals surface area contributed by atoms with Crippen molar-refractivity contribution in [1.29, 1.82) is 0 Å². The normalized spacial score (nSPS) is 11.8. The molecule has 3 aromatic rings. The van der Waals surface area contributed by atoms with Crippen LogP contribution in [0.4, 0.5) is 5.95 Å². The molecule has 0 saturated heterocycles. The molecule has 8 heteroatoms. The SMILES string of the molecule is Cc1nc(N)nc2c1ncn2S(=O)(=O)c1ccccc1. The van der Waals surface area contributed by atoms with E-state index in [9.17, 15) is 8.42 Å². The number of hydrogen-bond donors (Lipinski definition) is 1. The van der Waals surface area contributed by atoms with E-state index >= 15 is 0 Å². The van der Waals surface area contributed by atoms with E-state index in [-0.39, 0.29) is 16.5 Å². The Kier molecular flexibility index (Phi) is 2.68. The van der Waals surface area contributed by atoms with E-state index in [1.807, 2.05) is 0 Å². The highest BCUT2D eigenvalue weighted by Crippen LogP contribution is 2.20. The lowest BCUT2D eigenvalue weighted by Crippen LogP contribution is -2.13. The van der Waals surface area contributed by atoms with Crippen molar-refractivity contribution < 1.29 is 8.42 Å². The number of imidazole rings is 1. The van der Waals surface area contributed by atoms with Crippen molar-refractivity contribution >= 4 is 27.1 Å². The average Bonchev–Trinajstić information content (AvgIpc) is 2.84. The van der Waals surface area contributed by atoms with Crippen LogP contribution in [0.1, 0.15) is 5.69 Å². The lowest BCUT2D eigenvalue weighted by atomic mass is 10.4. The number of nitrogens with two attached hydrogens (primary N) is 1. The Morgan fingerprint density at radius 1 is 1.15 bits per heavy atom. The van der Waals surface area contributed by atoms with E-state index in [0.717, 1.165) is 3.97 Å². The van der Waals surface area contributed by atoms with Gasteiger partial charge in [-0.15, -0.1) is 0 Å². The second kappa shape index (κ2) is 4.27. The van der Waals surface area contributed by atoms with Crippen molar-refractivity contribution in [2.75, 3.05) is 5.73 Å². The Balaban J connectivity index is 2.31. The van der Waals surface area contributed by atoms with Gasteiger partial charge in [0, 0.05) is 0 Å². The van der Waals surface area contributed by atoms with Crippen LogP contribution in [0, 0.1) is 6.92 Å². The first-order chi connectivity index (χ1) is 9.50. The van der Waals surface area contributed by atoms with E-state index in [0.29, 0.717) is 11.2 Å². The van der Waals surface area contributed by atoms with Gasteiger partial charge in [0.1, 0.15) is 11.8 Å². The maximum absolute atomic E-state index is 12.6. The fourth-order valence-corrected chi connectivity index (χ4v) is 3.18. The Morgan fingerprint density at radius 3 is 2.55 bits per heavy atom. The van der Waals surface area contributed by atoms with Gasteiger partial charge in [-0.2, -0.15) is 4.98 Å². The third-order valence-electron chi connectivity index (χ3n) is 2.86. The number of nitrogen functional groups attached to an aromatic ring is 1. The zero-order valence-electron chi connectivity index (χ0n) is 10.6. The minimum Gasteiger partial charge on any atom is -0.368 e. The third kappa shape index (κ3) is 1.81. The molecule has 0 unspecified atom stereocenters. The highest BCUT2D eigenvalue weighted by molar-refractivity contribution is 7.90. The number of fused-ring (bicyclic) bond motifs is 1. The molecule has 0 bridgehead atoms. The molecule has 0 saturated carbocycles. The average molecular weight is 289 g/mol. The molecule has 0 aliphatic carbocycles. The minimum atomic E-state index is -3.75. The first-order valence-electron chi connectivity index (χ1n) is 5.78. The molecule has 102 valence electrons. The van der Waals surface area contributed by atoms with Crippen LogP contribution in [-0.4, -0.2) is 27.3 Å². The van der Waals surface area contributed by atoms with Gasteiger partial charge < -0.3 is 5.73 Å². The molecule has 2 N–H and O–H groups in total. The fraction of sp³-hybridized carbons (Fsp3) is 0.0833. The molecule has 0 aliphatic heterocycles. The van der Waals surface area contributed by atoms with Gasteiger partial charge in [0.25, 0.3) is 10.0 Å². The summed E-state index contributed by atoms with van der Waals surface area (Å²) in [5, 5.41) is 0. The van der Waals surface area contributed by atoms with E-state index in [4.69, 9.17) is 5.73 Å². The van der Waals surface area contributed by atoms with Crippen LogP contribution in [0.15, 0.2) is 41.6 Å². The van der Waals surface area contributed by atoms with Crippen LogP contribution in [0.2, 0.25) is 0 Å². The topological polar surface area (TPSA) is 104 Å². The lowest BCUT2D eigenvalue weighted by molar-refractivity contribution is 0.588. The quantitative estimate of drug-likeness (QED) is 0.753. The molecule has 0 atom stereocenters. The van der Waals surface area contributed by atoms with Crippen molar-refractivity contribution in [2.24, 2.45) is 0 Å². The summed E-state index contributed by atoms with van der Waals surface area (Å²) in [5.74, 6) is 0.0139. The summed E-state index contributed by atoms with van der Waals surface area (Å²) in [6.07, 6.45) is 1.22. The highest BCUT2D eigenvalue weighted by Gasteiger charge is 2.21. The molecule has 3 rings (SSSR count). The number of anilines is 1. The third-order valence-corrected chi connectivity index (χ3v) is 4.51. The Hall–Kier alpha value is -2.48. The summed E-state index contributed by atoms with van der Waals surface area (Å²) in [6, 6.07) is 8.08. The lowest BCUT2D eigenvalue weighted by Gasteiger charge is -2.06. The maximum atomic E-state index is 12.6. The zero-order chi connectivity index (χ0) is 14.3. The maximum Gasteiger partial charge on any atom is 0.270 e. The Morgan fingerprint density at radius 2 is 1.85 bits per heavy atom. The van der Waals surface area contributed by atoms with E-state index in [1.54, 1.807) is 25.1 Å². The van der Waals surface area contributed by atoms with Crippen molar-refractivity contribution in [1.82, 2.24) is 18.9 Å². The summed E-state index contributed by atoms with van der Waals surface area (Å²) < 4.78 is 26.1. The van der Waals surface area contributed by atoms with E-state index in [1.165, 1.54) is 18.5 Å². The summed E-state index contributed by atoms with van der Waals surface area (Å²) in [5.41, 5.74) is 6.71. The predicted octanol–water partition coefficient (Wildman–Crippen LogP) is 0.954. The second-order valence-electron chi connectivity index (χ2n) is 4.20. The molecular weight excluding hydrogens is 278 g/mol. The van der Waals surface area contributed by atoms with Gasteiger partial charge in [0.05, 0.1) is 10.6 Å². The van der Waals surface area contributed by atoms with Crippen molar-refractivity contribution in [2.45, 2.75) is 11.8 Å².